The predicted octanol–water partition coefficient (Wildman–Crippen LogP) is 5.93. The molecular weight excluding hydrogens is 480 g/mol. The first kappa shape index (κ1) is 21.3. The highest BCUT2D eigenvalue weighted by atomic mass is 79.9. The predicted molar refractivity (Wildman–Crippen MR) is 130 cm³/mol. The van der Waals surface area contributed by atoms with E-state index >= 15 is 0 Å². The van der Waals surface area contributed by atoms with Crippen LogP contribution in [0.2, 0.25) is 0 Å². The van der Waals surface area contributed by atoms with Crippen LogP contribution in [-0.2, 0) is 9.59 Å². The van der Waals surface area contributed by atoms with Crippen LogP contribution < -0.4 is 4.90 Å². The van der Waals surface area contributed by atoms with Crippen molar-refractivity contribution >= 4 is 67.3 Å². The molecule has 0 saturated carbocycles. The van der Waals surface area contributed by atoms with E-state index in [-0.39, 0.29) is 17.9 Å². The van der Waals surface area contributed by atoms with E-state index in [0.29, 0.717) is 21.3 Å². The normalized spacial score (nSPS) is 19.6. The van der Waals surface area contributed by atoms with Gasteiger partial charge in [0.2, 0.25) is 0 Å². The summed E-state index contributed by atoms with van der Waals surface area (Å²) in [5, 5.41) is 0. The van der Waals surface area contributed by atoms with Crippen LogP contribution in [0.15, 0.2) is 57.9 Å². The number of rotatable bonds is 5. The number of amides is 2. The minimum atomic E-state index is -0.202. The molecule has 2 amide bonds. The van der Waals surface area contributed by atoms with Crippen molar-refractivity contribution in [2.24, 2.45) is 0 Å². The van der Waals surface area contributed by atoms with Gasteiger partial charge < -0.3 is 4.90 Å². The summed E-state index contributed by atoms with van der Waals surface area (Å²) in [6, 6.07) is 15.4. The molecule has 1 fully saturated rings. The Morgan fingerprint density at radius 3 is 2.53 bits per heavy atom. The first-order chi connectivity index (χ1) is 14.4. The molecule has 4 nitrogen and oxygen atoms in total. The zero-order valence-corrected chi connectivity index (χ0v) is 19.9. The molecule has 4 rings (SSSR count). The Bertz CT molecular complexity index is 1070. The lowest BCUT2D eigenvalue weighted by Gasteiger charge is -2.23. The van der Waals surface area contributed by atoms with Crippen LogP contribution in [0.25, 0.3) is 5.57 Å². The van der Waals surface area contributed by atoms with Crippen molar-refractivity contribution in [3.8, 4) is 0 Å². The maximum Gasteiger partial charge on any atom is 0.267 e. The van der Waals surface area contributed by atoms with E-state index in [1.165, 1.54) is 11.8 Å². The van der Waals surface area contributed by atoms with Gasteiger partial charge >= 0.3 is 0 Å². The quantitative estimate of drug-likeness (QED) is 0.376. The minimum absolute atomic E-state index is 0.121. The molecule has 2 aliphatic rings. The van der Waals surface area contributed by atoms with E-state index in [2.05, 4.69) is 22.9 Å². The van der Waals surface area contributed by atoms with Crippen LogP contribution in [0.4, 0.5) is 5.69 Å². The molecule has 0 aliphatic carbocycles. The van der Waals surface area contributed by atoms with Gasteiger partial charge in [-0.05, 0) is 37.1 Å². The number of thiocarbonyl (C=S) groups is 1. The van der Waals surface area contributed by atoms with E-state index in [1.807, 2.05) is 55.5 Å². The molecule has 0 aromatic heterocycles. The number of thioether (sulfide) groups is 1. The number of nitrogens with zero attached hydrogens (tertiary/aromatic N) is 2. The molecule has 7 heteroatoms. The molecule has 30 heavy (non-hydrogen) atoms. The summed E-state index contributed by atoms with van der Waals surface area (Å²) in [6.45, 7) is 4.69. The van der Waals surface area contributed by atoms with E-state index < -0.39 is 0 Å². The Hall–Kier alpha value is -1.96. The summed E-state index contributed by atoms with van der Waals surface area (Å²) in [7, 11) is 0. The average Bonchev–Trinajstić information content (AvgIpc) is 3.18. The molecule has 2 aromatic rings. The molecule has 0 radical (unpaired) electrons. The van der Waals surface area contributed by atoms with Gasteiger partial charge in [0.15, 0.2) is 0 Å². The van der Waals surface area contributed by atoms with Crippen LogP contribution in [-0.4, -0.2) is 27.6 Å². The summed E-state index contributed by atoms with van der Waals surface area (Å²) >= 11 is 10.3. The number of hydrogen-bond donors (Lipinski definition) is 0. The summed E-state index contributed by atoms with van der Waals surface area (Å²) in [4.78, 5) is 30.7. The first-order valence-electron chi connectivity index (χ1n) is 9.90. The van der Waals surface area contributed by atoms with Crippen molar-refractivity contribution in [2.45, 2.75) is 32.7 Å². The minimum Gasteiger partial charge on any atom is -0.308 e. The van der Waals surface area contributed by atoms with Gasteiger partial charge in [0, 0.05) is 16.6 Å². The fraction of sp³-hybridized carbons (Fsp3) is 0.261. The summed E-state index contributed by atoms with van der Waals surface area (Å²) in [5.74, 6) is -0.322. The number of anilines is 1. The summed E-state index contributed by atoms with van der Waals surface area (Å²) in [5.41, 5.74) is 3.11. The standard InChI is InChI=1S/C23H21BrN2O2S2/c1-3-4-12-25-18-11-10-16(24)13-17(18)19(21(25)27)20-22(28)26(23(29)30-20)14(2)15-8-6-5-7-9-15/h5-11,13-14H,3-4,12H2,1-2H3/b20-19-/t14-/m1/s1. The molecule has 2 heterocycles. The van der Waals surface area contributed by atoms with Crippen molar-refractivity contribution in [1.82, 2.24) is 4.90 Å². The molecule has 0 bridgehead atoms. The van der Waals surface area contributed by atoms with Crippen molar-refractivity contribution < 1.29 is 9.59 Å². The third kappa shape index (κ3) is 3.63. The highest BCUT2D eigenvalue weighted by molar-refractivity contribution is 9.10. The van der Waals surface area contributed by atoms with Crippen LogP contribution >= 0.6 is 39.9 Å². The van der Waals surface area contributed by atoms with Gasteiger partial charge in [-0.25, -0.2) is 0 Å². The fourth-order valence-corrected chi connectivity index (χ4v) is 5.66. The molecule has 1 atom stereocenters. The van der Waals surface area contributed by atoms with E-state index in [4.69, 9.17) is 12.2 Å². The number of fused-ring (bicyclic) bond motifs is 1. The molecule has 0 N–H and O–H groups in total. The molecule has 0 spiro atoms. The monoisotopic (exact) mass is 500 g/mol. The van der Waals surface area contributed by atoms with Crippen LogP contribution in [0, 0.1) is 0 Å². The second kappa shape index (κ2) is 8.65. The Balaban J connectivity index is 1.77. The van der Waals surface area contributed by atoms with Gasteiger partial charge in [-0.15, -0.1) is 0 Å². The van der Waals surface area contributed by atoms with Crippen LogP contribution in [0.3, 0.4) is 0 Å². The maximum absolute atomic E-state index is 13.5. The molecule has 2 aromatic carbocycles. The van der Waals surface area contributed by atoms with E-state index in [0.717, 1.165) is 34.1 Å². The number of hydrogen-bond acceptors (Lipinski definition) is 4. The lowest BCUT2D eigenvalue weighted by Crippen LogP contribution is -2.32. The molecule has 154 valence electrons. The summed E-state index contributed by atoms with van der Waals surface area (Å²) < 4.78 is 1.35. The SMILES string of the molecule is CCCCN1C(=O)/C(=C2\SC(=S)N([C@H](C)c3ccccc3)C2=O)c2cc(Br)ccc21. The van der Waals surface area contributed by atoms with Crippen molar-refractivity contribution in [1.29, 1.82) is 0 Å². The zero-order chi connectivity index (χ0) is 21.4. The first-order valence-corrected chi connectivity index (χ1v) is 11.9. The number of benzene rings is 2. The van der Waals surface area contributed by atoms with Gasteiger partial charge in [-0.2, -0.15) is 0 Å². The molecular formula is C23H21BrN2O2S2. The lowest BCUT2D eigenvalue weighted by molar-refractivity contribution is -0.123. The molecule has 0 unspecified atom stereocenters. The highest BCUT2D eigenvalue weighted by Crippen LogP contribution is 2.47. The topological polar surface area (TPSA) is 40.6 Å². The van der Waals surface area contributed by atoms with Crippen molar-refractivity contribution in [2.75, 3.05) is 11.4 Å². The Morgan fingerprint density at radius 2 is 1.83 bits per heavy atom. The Morgan fingerprint density at radius 1 is 1.10 bits per heavy atom. The van der Waals surface area contributed by atoms with E-state index in [9.17, 15) is 9.59 Å². The van der Waals surface area contributed by atoms with Gasteiger partial charge in [0.05, 0.1) is 22.2 Å². The highest BCUT2D eigenvalue weighted by Gasteiger charge is 2.43. The largest absolute Gasteiger partial charge is 0.308 e. The van der Waals surface area contributed by atoms with Gasteiger partial charge in [-0.1, -0.05) is 83.6 Å². The van der Waals surface area contributed by atoms with Crippen LogP contribution in [0.1, 0.15) is 43.9 Å². The number of unbranched alkanes of at least 4 members (excludes halogenated alkanes) is 1. The fourth-order valence-electron chi connectivity index (χ4n) is 3.81. The smallest absolute Gasteiger partial charge is 0.267 e. The average molecular weight is 501 g/mol. The lowest BCUT2D eigenvalue weighted by atomic mass is 10.1. The Labute approximate surface area is 194 Å². The molecule has 1 saturated heterocycles. The zero-order valence-electron chi connectivity index (χ0n) is 16.7. The Kier molecular flexibility index (Phi) is 6.14. The second-order valence-corrected chi connectivity index (χ2v) is 9.87. The summed E-state index contributed by atoms with van der Waals surface area (Å²) in [6.07, 6.45) is 1.89. The van der Waals surface area contributed by atoms with E-state index in [1.54, 1.807) is 9.80 Å². The number of carbonyl (C=O) groups is 2. The third-order valence-electron chi connectivity index (χ3n) is 5.41. The maximum atomic E-state index is 13.5. The van der Waals surface area contributed by atoms with Gasteiger partial charge in [0.25, 0.3) is 11.8 Å². The number of carbonyl (C=O) groups excluding carboxylic acids is 2. The molecule has 2 aliphatic heterocycles. The second-order valence-electron chi connectivity index (χ2n) is 7.31. The van der Waals surface area contributed by atoms with Crippen molar-refractivity contribution in [3.05, 3.63) is 69.0 Å². The number of halogens is 1. The van der Waals surface area contributed by atoms with Crippen LogP contribution in [0.5, 0.6) is 0 Å². The van der Waals surface area contributed by atoms with Gasteiger partial charge in [0.1, 0.15) is 4.32 Å². The van der Waals surface area contributed by atoms with Gasteiger partial charge in [-0.3, -0.25) is 14.5 Å². The third-order valence-corrected chi connectivity index (χ3v) is 7.30. The van der Waals surface area contributed by atoms with Crippen molar-refractivity contribution in [3.63, 3.8) is 0 Å².